The molecule has 0 aromatic heterocycles. The Balaban J connectivity index is 2.09. The van der Waals surface area contributed by atoms with E-state index in [0.29, 0.717) is 17.8 Å². The van der Waals surface area contributed by atoms with Crippen molar-refractivity contribution in [3.8, 4) is 0 Å². The molecule has 1 atom stereocenters. The molecule has 0 bridgehead atoms. The van der Waals surface area contributed by atoms with Crippen LogP contribution in [-0.2, 0) is 0 Å². The zero-order valence-electron chi connectivity index (χ0n) is 10.3. The van der Waals surface area contributed by atoms with E-state index in [2.05, 4.69) is 5.32 Å². The summed E-state index contributed by atoms with van der Waals surface area (Å²) in [6.07, 6.45) is 1.70. The highest BCUT2D eigenvalue weighted by Crippen LogP contribution is 2.21. The molecule has 0 aliphatic carbocycles. The highest BCUT2D eigenvalue weighted by Gasteiger charge is 2.28. The van der Waals surface area contributed by atoms with Crippen LogP contribution in [0, 0.1) is 12.7 Å². The first kappa shape index (κ1) is 12.8. The number of aliphatic hydroxyl groups is 1. The molecule has 2 rings (SSSR count). The average Bonchev–Trinajstić information content (AvgIpc) is 2.83. The van der Waals surface area contributed by atoms with E-state index < -0.39 is 0 Å². The smallest absolute Gasteiger partial charge is 0.322 e. The van der Waals surface area contributed by atoms with Crippen molar-refractivity contribution >= 4 is 11.7 Å². The Labute approximate surface area is 105 Å². The van der Waals surface area contributed by atoms with Crippen LogP contribution in [-0.4, -0.2) is 35.2 Å². The Bertz CT molecular complexity index is 451. The van der Waals surface area contributed by atoms with E-state index in [4.69, 9.17) is 5.11 Å². The van der Waals surface area contributed by atoms with Crippen molar-refractivity contribution in [3.05, 3.63) is 29.6 Å². The topological polar surface area (TPSA) is 52.6 Å². The minimum absolute atomic E-state index is 0.0322. The summed E-state index contributed by atoms with van der Waals surface area (Å²) in [6.45, 7) is 2.22. The second kappa shape index (κ2) is 5.35. The summed E-state index contributed by atoms with van der Waals surface area (Å²) in [6, 6.07) is 4.18. The van der Waals surface area contributed by atoms with Gasteiger partial charge in [0, 0.05) is 17.8 Å². The van der Waals surface area contributed by atoms with Gasteiger partial charge >= 0.3 is 6.03 Å². The molecule has 1 fully saturated rings. The van der Waals surface area contributed by atoms with E-state index in [1.54, 1.807) is 24.0 Å². The fraction of sp³-hybridized carbons (Fsp3) is 0.462. The number of nitrogens with zero attached hydrogens (tertiary/aromatic N) is 1. The first-order chi connectivity index (χ1) is 8.63. The van der Waals surface area contributed by atoms with E-state index >= 15 is 0 Å². The number of nitrogens with one attached hydrogen (secondary N) is 1. The summed E-state index contributed by atoms with van der Waals surface area (Å²) < 4.78 is 13.3. The zero-order valence-corrected chi connectivity index (χ0v) is 10.3. The normalized spacial score (nSPS) is 19.1. The number of halogens is 1. The molecular formula is C13H17FN2O2. The van der Waals surface area contributed by atoms with Crippen molar-refractivity contribution in [2.75, 3.05) is 18.5 Å². The van der Waals surface area contributed by atoms with E-state index in [-0.39, 0.29) is 24.5 Å². The number of hydrogen-bond donors (Lipinski definition) is 2. The molecule has 18 heavy (non-hydrogen) atoms. The monoisotopic (exact) mass is 252 g/mol. The molecule has 2 N–H and O–H groups in total. The third-order valence-corrected chi connectivity index (χ3v) is 3.36. The molecule has 1 aromatic carbocycles. The maximum absolute atomic E-state index is 13.3. The summed E-state index contributed by atoms with van der Waals surface area (Å²) >= 11 is 0. The van der Waals surface area contributed by atoms with Gasteiger partial charge in [0.05, 0.1) is 12.6 Å². The van der Waals surface area contributed by atoms with Gasteiger partial charge in [-0.25, -0.2) is 9.18 Å². The predicted molar refractivity (Wildman–Crippen MR) is 67.0 cm³/mol. The number of aliphatic hydroxyl groups excluding tert-OH is 1. The molecule has 1 saturated heterocycles. The maximum Gasteiger partial charge on any atom is 0.322 e. The van der Waals surface area contributed by atoms with Crippen LogP contribution in [0.5, 0.6) is 0 Å². The number of carbonyl (C=O) groups is 1. The Morgan fingerprint density at radius 3 is 3.11 bits per heavy atom. The van der Waals surface area contributed by atoms with Gasteiger partial charge in [-0.05, 0) is 31.9 Å². The lowest BCUT2D eigenvalue weighted by atomic mass is 10.2. The van der Waals surface area contributed by atoms with Crippen LogP contribution in [0.2, 0.25) is 0 Å². The maximum atomic E-state index is 13.3. The van der Waals surface area contributed by atoms with Crippen molar-refractivity contribution in [2.24, 2.45) is 0 Å². The summed E-state index contributed by atoms with van der Waals surface area (Å²) in [5, 5.41) is 11.9. The minimum atomic E-state index is -0.340. The van der Waals surface area contributed by atoms with E-state index in [0.717, 1.165) is 12.8 Å². The van der Waals surface area contributed by atoms with Gasteiger partial charge in [-0.2, -0.15) is 0 Å². The van der Waals surface area contributed by atoms with Gasteiger partial charge in [-0.3, -0.25) is 0 Å². The van der Waals surface area contributed by atoms with Gasteiger partial charge in [-0.1, -0.05) is 6.07 Å². The summed E-state index contributed by atoms with van der Waals surface area (Å²) in [5.74, 6) is -0.340. The summed E-state index contributed by atoms with van der Waals surface area (Å²) in [7, 11) is 0. The van der Waals surface area contributed by atoms with Gasteiger partial charge in [-0.15, -0.1) is 0 Å². The van der Waals surface area contributed by atoms with Gasteiger partial charge < -0.3 is 15.3 Å². The third-order valence-electron chi connectivity index (χ3n) is 3.36. The SMILES string of the molecule is Cc1c(F)cccc1NC(=O)N1CCC[C@@H]1CO. The van der Waals surface area contributed by atoms with E-state index in [1.807, 2.05) is 0 Å². The second-order valence-corrected chi connectivity index (χ2v) is 4.51. The lowest BCUT2D eigenvalue weighted by Gasteiger charge is -2.23. The van der Waals surface area contributed by atoms with Gasteiger partial charge in [0.2, 0.25) is 0 Å². The molecule has 1 heterocycles. The number of likely N-dealkylation sites (tertiary alicyclic amines) is 1. The molecule has 0 radical (unpaired) electrons. The standard InChI is InChI=1S/C13H17FN2O2/c1-9-11(14)5-2-6-12(9)15-13(18)16-7-3-4-10(16)8-17/h2,5-6,10,17H,3-4,7-8H2,1H3,(H,15,18)/t10-/m1/s1. The molecule has 0 unspecified atom stereocenters. The molecule has 4 nitrogen and oxygen atoms in total. The molecule has 98 valence electrons. The number of urea groups is 1. The first-order valence-corrected chi connectivity index (χ1v) is 6.07. The number of amides is 2. The Kier molecular flexibility index (Phi) is 3.81. The van der Waals surface area contributed by atoms with E-state index in [1.165, 1.54) is 6.07 Å². The van der Waals surface area contributed by atoms with Gasteiger partial charge in [0.25, 0.3) is 0 Å². The molecule has 1 aliphatic heterocycles. The largest absolute Gasteiger partial charge is 0.394 e. The fourth-order valence-electron chi connectivity index (χ4n) is 2.22. The average molecular weight is 252 g/mol. The van der Waals surface area contributed by atoms with Gasteiger partial charge in [0.1, 0.15) is 5.82 Å². The van der Waals surface area contributed by atoms with Crippen LogP contribution >= 0.6 is 0 Å². The molecule has 0 spiro atoms. The first-order valence-electron chi connectivity index (χ1n) is 6.07. The Morgan fingerprint density at radius 1 is 1.61 bits per heavy atom. The molecule has 5 heteroatoms. The molecule has 2 amide bonds. The Hall–Kier alpha value is -1.62. The molecule has 1 aromatic rings. The quantitative estimate of drug-likeness (QED) is 0.847. The second-order valence-electron chi connectivity index (χ2n) is 4.51. The summed E-state index contributed by atoms with van der Waals surface area (Å²) in [5.41, 5.74) is 0.897. The van der Waals surface area contributed by atoms with Crippen molar-refractivity contribution in [1.29, 1.82) is 0 Å². The number of carbonyl (C=O) groups excluding carboxylic acids is 1. The van der Waals surface area contributed by atoms with Crippen LogP contribution in [0.15, 0.2) is 18.2 Å². The fourth-order valence-corrected chi connectivity index (χ4v) is 2.22. The number of hydrogen-bond acceptors (Lipinski definition) is 2. The van der Waals surface area contributed by atoms with Crippen LogP contribution in [0.25, 0.3) is 0 Å². The third kappa shape index (κ3) is 2.46. The van der Waals surface area contributed by atoms with Crippen LogP contribution in [0.3, 0.4) is 0 Å². The van der Waals surface area contributed by atoms with Crippen molar-refractivity contribution in [1.82, 2.24) is 4.90 Å². The number of benzene rings is 1. The molecular weight excluding hydrogens is 235 g/mol. The minimum Gasteiger partial charge on any atom is -0.394 e. The van der Waals surface area contributed by atoms with Crippen LogP contribution < -0.4 is 5.32 Å². The Morgan fingerprint density at radius 2 is 2.39 bits per heavy atom. The van der Waals surface area contributed by atoms with Gasteiger partial charge in [0.15, 0.2) is 0 Å². The number of rotatable bonds is 2. The van der Waals surface area contributed by atoms with Crippen molar-refractivity contribution in [3.63, 3.8) is 0 Å². The highest BCUT2D eigenvalue weighted by molar-refractivity contribution is 5.90. The molecule has 1 aliphatic rings. The number of anilines is 1. The molecule has 0 saturated carbocycles. The lowest BCUT2D eigenvalue weighted by molar-refractivity contribution is 0.166. The van der Waals surface area contributed by atoms with Crippen LogP contribution in [0.4, 0.5) is 14.9 Å². The summed E-state index contributed by atoms with van der Waals surface area (Å²) in [4.78, 5) is 13.6. The lowest BCUT2D eigenvalue weighted by Crippen LogP contribution is -2.40. The zero-order chi connectivity index (χ0) is 13.1. The van der Waals surface area contributed by atoms with Crippen molar-refractivity contribution < 1.29 is 14.3 Å². The van der Waals surface area contributed by atoms with E-state index in [9.17, 15) is 9.18 Å². The predicted octanol–water partition coefficient (Wildman–Crippen LogP) is 2.12. The van der Waals surface area contributed by atoms with Crippen LogP contribution in [0.1, 0.15) is 18.4 Å². The highest BCUT2D eigenvalue weighted by atomic mass is 19.1. The van der Waals surface area contributed by atoms with Crippen molar-refractivity contribution in [2.45, 2.75) is 25.8 Å².